The summed E-state index contributed by atoms with van der Waals surface area (Å²) in [5, 5.41) is 11.3. The summed E-state index contributed by atoms with van der Waals surface area (Å²) in [4.78, 5) is 18.5. The van der Waals surface area contributed by atoms with Gasteiger partial charge in [0.25, 0.3) is 5.91 Å². The highest BCUT2D eigenvalue weighted by atomic mass is 32.1. The van der Waals surface area contributed by atoms with Crippen LogP contribution < -0.4 is 0 Å². The lowest BCUT2D eigenvalue weighted by Crippen LogP contribution is -2.29. The van der Waals surface area contributed by atoms with Crippen LogP contribution in [-0.4, -0.2) is 44.4 Å². The minimum atomic E-state index is -0.0586. The molecule has 6 nitrogen and oxygen atoms in total. The van der Waals surface area contributed by atoms with Crippen LogP contribution in [0.4, 0.5) is 0 Å². The Morgan fingerprint density at radius 3 is 2.91 bits per heavy atom. The summed E-state index contributed by atoms with van der Waals surface area (Å²) in [6.07, 6.45) is 7.70. The van der Waals surface area contributed by atoms with E-state index in [0.29, 0.717) is 18.2 Å². The van der Waals surface area contributed by atoms with Crippen LogP contribution in [0.5, 0.6) is 0 Å². The van der Waals surface area contributed by atoms with Gasteiger partial charge in [-0.2, -0.15) is 0 Å². The van der Waals surface area contributed by atoms with E-state index in [-0.39, 0.29) is 5.91 Å². The van der Waals surface area contributed by atoms with Gasteiger partial charge in [0, 0.05) is 38.1 Å². The maximum Gasteiger partial charge on any atom is 0.276 e. The third-order valence-electron chi connectivity index (χ3n) is 4.58. The van der Waals surface area contributed by atoms with Crippen molar-refractivity contribution in [3.8, 4) is 0 Å². The zero-order valence-corrected chi connectivity index (χ0v) is 14.6. The van der Waals surface area contributed by atoms with E-state index in [9.17, 15) is 4.79 Å². The van der Waals surface area contributed by atoms with Crippen molar-refractivity contribution in [2.24, 2.45) is 5.92 Å². The van der Waals surface area contributed by atoms with E-state index in [2.05, 4.69) is 15.3 Å². The fraction of sp³-hybridized carbons (Fsp3) is 0.625. The van der Waals surface area contributed by atoms with Crippen molar-refractivity contribution in [2.75, 3.05) is 13.6 Å². The first-order chi connectivity index (χ1) is 11.1. The minimum absolute atomic E-state index is 0.0586. The molecular weight excluding hydrogens is 310 g/mol. The monoisotopic (exact) mass is 333 g/mol. The highest BCUT2D eigenvalue weighted by Crippen LogP contribution is 2.26. The molecule has 0 N–H and O–H groups in total. The third-order valence-corrected chi connectivity index (χ3v) is 5.42. The minimum Gasteiger partial charge on any atom is -0.340 e. The molecule has 1 amide bonds. The van der Waals surface area contributed by atoms with Crippen LogP contribution in [0, 0.1) is 12.8 Å². The molecule has 0 atom stereocenters. The van der Waals surface area contributed by atoms with Gasteiger partial charge < -0.3 is 4.90 Å². The van der Waals surface area contributed by atoms with Crippen LogP contribution in [0.25, 0.3) is 0 Å². The molecule has 3 rings (SSSR count). The van der Waals surface area contributed by atoms with E-state index in [1.807, 2.05) is 24.0 Å². The van der Waals surface area contributed by atoms with Crippen molar-refractivity contribution >= 4 is 17.2 Å². The topological polar surface area (TPSA) is 63.9 Å². The maximum absolute atomic E-state index is 12.6. The van der Waals surface area contributed by atoms with Gasteiger partial charge in [0.1, 0.15) is 0 Å². The normalized spacial score (nSPS) is 15.2. The molecule has 23 heavy (non-hydrogen) atoms. The molecule has 0 radical (unpaired) electrons. The standard InChI is InChI=1S/C16H23N5OS/c1-12-15(18-19-21(12)11-13-5-3-4-6-13)16(22)20(2)9-7-14-17-8-10-23-14/h8,10,13H,3-7,9,11H2,1-2H3. The molecule has 1 fully saturated rings. The second-order valence-corrected chi connectivity index (χ2v) is 7.24. The van der Waals surface area contributed by atoms with Gasteiger partial charge in [0.2, 0.25) is 0 Å². The largest absolute Gasteiger partial charge is 0.340 e. The zero-order chi connectivity index (χ0) is 16.2. The van der Waals surface area contributed by atoms with E-state index in [1.54, 1.807) is 22.4 Å². The van der Waals surface area contributed by atoms with Crippen molar-refractivity contribution in [3.05, 3.63) is 28.0 Å². The lowest BCUT2D eigenvalue weighted by molar-refractivity contribution is 0.0790. The number of hydrogen-bond acceptors (Lipinski definition) is 5. The summed E-state index contributed by atoms with van der Waals surface area (Å²) < 4.78 is 1.90. The zero-order valence-electron chi connectivity index (χ0n) is 13.7. The van der Waals surface area contributed by atoms with Gasteiger partial charge >= 0.3 is 0 Å². The van der Waals surface area contributed by atoms with Crippen molar-refractivity contribution in [1.29, 1.82) is 0 Å². The summed E-state index contributed by atoms with van der Waals surface area (Å²) in [6, 6.07) is 0. The van der Waals surface area contributed by atoms with E-state index in [0.717, 1.165) is 23.7 Å². The van der Waals surface area contributed by atoms with Crippen molar-refractivity contribution in [2.45, 2.75) is 45.6 Å². The lowest BCUT2D eigenvalue weighted by Gasteiger charge is -2.15. The summed E-state index contributed by atoms with van der Waals surface area (Å²) in [5.41, 5.74) is 1.35. The molecule has 0 aromatic carbocycles. The lowest BCUT2D eigenvalue weighted by atomic mass is 10.1. The summed E-state index contributed by atoms with van der Waals surface area (Å²) in [6.45, 7) is 3.47. The number of hydrogen-bond donors (Lipinski definition) is 0. The molecule has 0 spiro atoms. The second kappa shape index (κ2) is 7.21. The predicted octanol–water partition coefficient (Wildman–Crippen LogP) is 2.55. The van der Waals surface area contributed by atoms with Gasteiger partial charge in [-0.05, 0) is 25.7 Å². The number of nitrogens with zero attached hydrogens (tertiary/aromatic N) is 5. The van der Waals surface area contributed by atoms with E-state index >= 15 is 0 Å². The van der Waals surface area contributed by atoms with Gasteiger partial charge in [0.05, 0.1) is 10.7 Å². The Balaban J connectivity index is 1.61. The Morgan fingerprint density at radius 2 is 2.22 bits per heavy atom. The van der Waals surface area contributed by atoms with Crippen LogP contribution in [-0.2, 0) is 13.0 Å². The number of rotatable bonds is 6. The average molecular weight is 333 g/mol. The van der Waals surface area contributed by atoms with Crippen LogP contribution in [0.3, 0.4) is 0 Å². The smallest absolute Gasteiger partial charge is 0.276 e. The SMILES string of the molecule is Cc1c(C(=O)N(C)CCc2nccs2)nnn1CC1CCCC1. The summed E-state index contributed by atoms with van der Waals surface area (Å²) in [7, 11) is 1.81. The fourth-order valence-electron chi connectivity index (χ4n) is 3.09. The molecule has 0 saturated heterocycles. The number of thiazole rings is 1. The Kier molecular flexibility index (Phi) is 5.05. The third kappa shape index (κ3) is 3.77. The first-order valence-electron chi connectivity index (χ1n) is 8.19. The Bertz CT molecular complexity index is 645. The summed E-state index contributed by atoms with van der Waals surface area (Å²) in [5.74, 6) is 0.623. The second-order valence-electron chi connectivity index (χ2n) is 6.26. The van der Waals surface area contributed by atoms with E-state index < -0.39 is 0 Å². The molecule has 2 heterocycles. The highest BCUT2D eigenvalue weighted by Gasteiger charge is 2.22. The van der Waals surface area contributed by atoms with E-state index in [4.69, 9.17) is 0 Å². The fourth-order valence-corrected chi connectivity index (χ4v) is 3.70. The maximum atomic E-state index is 12.6. The van der Waals surface area contributed by atoms with Crippen LogP contribution in [0.1, 0.15) is 46.9 Å². The molecule has 1 saturated carbocycles. The molecule has 0 unspecified atom stereocenters. The quantitative estimate of drug-likeness (QED) is 0.815. The van der Waals surface area contributed by atoms with E-state index in [1.165, 1.54) is 25.7 Å². The Labute approximate surface area is 140 Å². The molecule has 1 aliphatic carbocycles. The summed E-state index contributed by atoms with van der Waals surface area (Å²) >= 11 is 1.62. The molecule has 2 aromatic heterocycles. The number of carbonyl (C=O) groups excluding carboxylic acids is 1. The van der Waals surface area contributed by atoms with Crippen LogP contribution >= 0.6 is 11.3 Å². The number of amides is 1. The molecule has 7 heteroatoms. The van der Waals surface area contributed by atoms with Gasteiger partial charge in [-0.25, -0.2) is 9.67 Å². The molecule has 0 aliphatic heterocycles. The molecule has 1 aliphatic rings. The number of aromatic nitrogens is 4. The molecule has 124 valence electrons. The Hall–Kier alpha value is -1.76. The number of carbonyl (C=O) groups is 1. The van der Waals surface area contributed by atoms with Gasteiger partial charge in [-0.15, -0.1) is 16.4 Å². The first kappa shape index (κ1) is 16.1. The van der Waals surface area contributed by atoms with Crippen molar-refractivity contribution in [1.82, 2.24) is 24.9 Å². The first-order valence-corrected chi connectivity index (χ1v) is 9.07. The van der Waals surface area contributed by atoms with Crippen molar-refractivity contribution in [3.63, 3.8) is 0 Å². The van der Waals surface area contributed by atoms with Gasteiger partial charge in [0.15, 0.2) is 5.69 Å². The van der Waals surface area contributed by atoms with Crippen LogP contribution in [0.15, 0.2) is 11.6 Å². The Morgan fingerprint density at radius 1 is 1.43 bits per heavy atom. The van der Waals surface area contributed by atoms with Gasteiger partial charge in [-0.3, -0.25) is 4.79 Å². The number of likely N-dealkylation sites (N-methyl/N-ethyl adjacent to an activating group) is 1. The van der Waals surface area contributed by atoms with Crippen molar-refractivity contribution < 1.29 is 4.79 Å². The van der Waals surface area contributed by atoms with Gasteiger partial charge in [-0.1, -0.05) is 18.1 Å². The highest BCUT2D eigenvalue weighted by molar-refractivity contribution is 7.09. The molecule has 0 bridgehead atoms. The van der Waals surface area contributed by atoms with Crippen LogP contribution in [0.2, 0.25) is 0 Å². The molecule has 2 aromatic rings. The molecular formula is C16H23N5OS. The average Bonchev–Trinajstić information content (AvgIpc) is 3.28. The predicted molar refractivity (Wildman–Crippen MR) is 89.5 cm³/mol.